The monoisotopic (exact) mass is 266 g/mol. The van der Waals surface area contributed by atoms with Crippen LogP contribution in [-0.4, -0.2) is 30.5 Å². The van der Waals surface area contributed by atoms with Crippen molar-refractivity contribution in [3.63, 3.8) is 0 Å². The van der Waals surface area contributed by atoms with Crippen LogP contribution in [0.3, 0.4) is 0 Å². The van der Waals surface area contributed by atoms with Crippen molar-refractivity contribution in [3.8, 4) is 0 Å². The lowest BCUT2D eigenvalue weighted by atomic mass is 10.3. The number of carbonyl (C=O) groups is 1. The van der Waals surface area contributed by atoms with Gasteiger partial charge in [0.25, 0.3) is 0 Å². The molecule has 0 aliphatic rings. The van der Waals surface area contributed by atoms with E-state index in [1.807, 2.05) is 6.92 Å². The zero-order valence-corrected chi connectivity index (χ0v) is 12.7. The smallest absolute Gasteiger partial charge is 0.168 e. The number of carbonyl (C=O) groups excluding carboxylic acids is 1. The van der Waals surface area contributed by atoms with Crippen LogP contribution >= 0.6 is 0 Å². The molecule has 0 aliphatic carbocycles. The van der Waals surface area contributed by atoms with Crippen molar-refractivity contribution in [2.75, 3.05) is 6.61 Å². The van der Waals surface area contributed by atoms with Crippen LogP contribution in [0.1, 0.15) is 22.0 Å². The van der Waals surface area contributed by atoms with Gasteiger partial charge in [0, 0.05) is 14.7 Å². The highest BCUT2D eigenvalue weighted by Gasteiger charge is 2.14. The Balaban J connectivity index is 2.65. The molecule has 0 aromatic carbocycles. The van der Waals surface area contributed by atoms with Crippen LogP contribution in [0.2, 0.25) is 25.7 Å². The molecule has 1 rings (SSSR count). The third-order valence-electron chi connectivity index (χ3n) is 2.75. The van der Waals surface area contributed by atoms with E-state index >= 15 is 0 Å². The van der Waals surface area contributed by atoms with Crippen molar-refractivity contribution in [2.24, 2.45) is 0 Å². The van der Waals surface area contributed by atoms with E-state index in [1.165, 1.54) is 0 Å². The summed E-state index contributed by atoms with van der Waals surface area (Å²) in [6, 6.07) is 1.12. The Labute approximate surface area is 110 Å². The van der Waals surface area contributed by atoms with Crippen LogP contribution in [0.5, 0.6) is 0 Å². The summed E-state index contributed by atoms with van der Waals surface area (Å²) in [5, 5.41) is 0. The van der Waals surface area contributed by atoms with Gasteiger partial charge in [-0.15, -0.1) is 0 Å². The van der Waals surface area contributed by atoms with E-state index in [-0.39, 0.29) is 0 Å². The number of hydrogen-bond donors (Lipinski definition) is 0. The maximum Gasteiger partial charge on any atom is 0.168 e. The predicted molar refractivity (Wildman–Crippen MR) is 76.5 cm³/mol. The Bertz CT molecular complexity index is 433. The molecule has 5 heteroatoms. The van der Waals surface area contributed by atoms with E-state index in [4.69, 9.17) is 4.74 Å². The summed E-state index contributed by atoms with van der Waals surface area (Å²) in [4.78, 5) is 15.3. The van der Waals surface area contributed by atoms with Crippen molar-refractivity contribution in [3.05, 3.63) is 23.8 Å². The molecule has 100 valence electrons. The normalized spacial score (nSPS) is 11.6. The lowest BCUT2D eigenvalue weighted by Gasteiger charge is -2.16. The van der Waals surface area contributed by atoms with Crippen LogP contribution in [0.15, 0.2) is 6.58 Å². The largest absolute Gasteiger partial charge is 0.361 e. The third kappa shape index (κ3) is 3.92. The number of aldehydes is 1. The minimum absolute atomic E-state index is 0.380. The fourth-order valence-corrected chi connectivity index (χ4v) is 2.33. The average Bonchev–Trinajstić information content (AvgIpc) is 2.59. The molecule has 0 unspecified atom stereocenters. The average molecular weight is 266 g/mol. The van der Waals surface area contributed by atoms with Crippen LogP contribution < -0.4 is 0 Å². The van der Waals surface area contributed by atoms with E-state index in [0.717, 1.165) is 24.8 Å². The summed E-state index contributed by atoms with van der Waals surface area (Å²) in [6.07, 6.45) is 2.40. The van der Waals surface area contributed by atoms with Gasteiger partial charge in [-0.05, 0) is 19.0 Å². The van der Waals surface area contributed by atoms with E-state index in [0.29, 0.717) is 18.1 Å². The Morgan fingerprint density at radius 2 is 2.11 bits per heavy atom. The highest BCUT2D eigenvalue weighted by Crippen LogP contribution is 2.12. The minimum atomic E-state index is -1.07. The second-order valence-electron chi connectivity index (χ2n) is 5.53. The number of imidazole rings is 1. The molecule has 0 N–H and O–H groups in total. The maximum atomic E-state index is 11.1. The van der Waals surface area contributed by atoms with Crippen molar-refractivity contribution in [1.29, 1.82) is 0 Å². The van der Waals surface area contributed by atoms with Crippen molar-refractivity contribution in [2.45, 2.75) is 39.3 Å². The van der Waals surface area contributed by atoms with Gasteiger partial charge in [-0.1, -0.05) is 26.2 Å². The van der Waals surface area contributed by atoms with Gasteiger partial charge in [0.2, 0.25) is 0 Å². The Morgan fingerprint density at radius 1 is 1.44 bits per heavy atom. The topological polar surface area (TPSA) is 44.1 Å². The minimum Gasteiger partial charge on any atom is -0.361 e. The summed E-state index contributed by atoms with van der Waals surface area (Å²) >= 11 is 0. The van der Waals surface area contributed by atoms with Crippen LogP contribution in [0.4, 0.5) is 0 Å². The van der Waals surface area contributed by atoms with Crippen molar-refractivity contribution < 1.29 is 9.53 Å². The summed E-state index contributed by atoms with van der Waals surface area (Å²) in [6.45, 7) is 13.6. The van der Waals surface area contributed by atoms with E-state index < -0.39 is 8.07 Å². The molecule has 4 nitrogen and oxygen atoms in total. The second kappa shape index (κ2) is 6.11. The van der Waals surface area contributed by atoms with Crippen molar-refractivity contribution >= 4 is 20.4 Å². The van der Waals surface area contributed by atoms with Crippen LogP contribution in [0.25, 0.3) is 6.08 Å². The SMILES string of the molecule is C=Cc1nc(C)n(COCC[Si](C)(C)C)c1C=O. The number of aryl methyl sites for hydroxylation is 1. The molecule has 0 saturated carbocycles. The number of ether oxygens (including phenoxy) is 1. The quantitative estimate of drug-likeness (QED) is 0.433. The Kier molecular flexibility index (Phi) is 5.04. The number of hydrogen-bond acceptors (Lipinski definition) is 3. The second-order valence-corrected chi connectivity index (χ2v) is 11.1. The zero-order chi connectivity index (χ0) is 13.8. The maximum absolute atomic E-state index is 11.1. The van der Waals surface area contributed by atoms with E-state index in [2.05, 4.69) is 31.2 Å². The predicted octanol–water partition coefficient (Wildman–Crippen LogP) is 2.96. The molecule has 0 bridgehead atoms. The molecule has 1 aromatic heterocycles. The molecule has 0 amide bonds. The highest BCUT2D eigenvalue weighted by molar-refractivity contribution is 6.76. The molecular formula is C13H22N2O2Si. The van der Waals surface area contributed by atoms with Gasteiger partial charge < -0.3 is 9.30 Å². The summed E-state index contributed by atoms with van der Waals surface area (Å²) in [7, 11) is -1.07. The summed E-state index contributed by atoms with van der Waals surface area (Å²) < 4.78 is 7.43. The van der Waals surface area contributed by atoms with Crippen LogP contribution in [-0.2, 0) is 11.5 Å². The fourth-order valence-electron chi connectivity index (χ4n) is 1.58. The molecule has 0 atom stereocenters. The zero-order valence-electron chi connectivity index (χ0n) is 11.7. The molecule has 0 fully saturated rings. The van der Waals surface area contributed by atoms with E-state index in [9.17, 15) is 4.79 Å². The van der Waals surface area contributed by atoms with Crippen molar-refractivity contribution in [1.82, 2.24) is 9.55 Å². The lowest BCUT2D eigenvalue weighted by molar-refractivity contribution is 0.0822. The van der Waals surface area contributed by atoms with Gasteiger partial charge in [-0.3, -0.25) is 4.79 Å². The lowest BCUT2D eigenvalue weighted by Crippen LogP contribution is -2.22. The molecule has 0 spiro atoms. The molecule has 18 heavy (non-hydrogen) atoms. The van der Waals surface area contributed by atoms with Gasteiger partial charge in [0.05, 0.1) is 5.69 Å². The first kappa shape index (κ1) is 14.9. The summed E-state index contributed by atoms with van der Waals surface area (Å²) in [5.41, 5.74) is 1.16. The van der Waals surface area contributed by atoms with Gasteiger partial charge in [-0.2, -0.15) is 0 Å². The molecule has 0 aliphatic heterocycles. The van der Waals surface area contributed by atoms with Gasteiger partial charge in [0.1, 0.15) is 18.2 Å². The molecular weight excluding hydrogens is 244 g/mol. The first-order valence-electron chi connectivity index (χ1n) is 6.11. The van der Waals surface area contributed by atoms with E-state index in [1.54, 1.807) is 10.6 Å². The molecule has 0 saturated heterocycles. The number of rotatable bonds is 7. The standard InChI is InChI=1S/C13H22N2O2Si/c1-6-12-13(9-16)15(11(2)14-12)10-17-7-8-18(3,4)5/h6,9H,1,7-8,10H2,2-5H3. The Hall–Kier alpha value is -1.20. The van der Waals surface area contributed by atoms with Gasteiger partial charge in [0.15, 0.2) is 6.29 Å². The van der Waals surface area contributed by atoms with Gasteiger partial charge >= 0.3 is 0 Å². The number of aromatic nitrogens is 2. The summed E-state index contributed by atoms with van der Waals surface area (Å²) in [5.74, 6) is 0.778. The number of nitrogens with zero attached hydrogens (tertiary/aromatic N) is 2. The molecule has 0 radical (unpaired) electrons. The molecule has 1 aromatic rings. The first-order chi connectivity index (χ1) is 8.39. The fraction of sp³-hybridized carbons (Fsp3) is 0.538. The molecule has 1 heterocycles. The highest BCUT2D eigenvalue weighted by atomic mass is 28.3. The third-order valence-corrected chi connectivity index (χ3v) is 4.45. The Morgan fingerprint density at radius 3 is 2.61 bits per heavy atom. The van der Waals surface area contributed by atoms with Gasteiger partial charge in [-0.25, -0.2) is 4.98 Å². The first-order valence-corrected chi connectivity index (χ1v) is 9.82. The van der Waals surface area contributed by atoms with Crippen LogP contribution in [0, 0.1) is 6.92 Å².